The second-order valence-corrected chi connectivity index (χ2v) is 3.50. The van der Waals surface area contributed by atoms with Gasteiger partial charge in [-0.25, -0.2) is 4.98 Å². The average Bonchev–Trinajstić information content (AvgIpc) is 2.38. The van der Waals surface area contributed by atoms with Crippen molar-refractivity contribution in [1.29, 1.82) is 0 Å². The van der Waals surface area contributed by atoms with Gasteiger partial charge in [0.1, 0.15) is 5.82 Å². The van der Waals surface area contributed by atoms with Crippen LogP contribution in [0, 0.1) is 5.92 Å². The van der Waals surface area contributed by atoms with Gasteiger partial charge in [0.15, 0.2) is 0 Å². The van der Waals surface area contributed by atoms with Crippen LogP contribution in [-0.4, -0.2) is 34.2 Å². The summed E-state index contributed by atoms with van der Waals surface area (Å²) in [5.74, 6) is 0.218. The van der Waals surface area contributed by atoms with Crippen LogP contribution in [0.15, 0.2) is 12.3 Å². The molecule has 0 saturated heterocycles. The Morgan fingerprint density at radius 2 is 2.22 bits per heavy atom. The normalized spacial score (nSPS) is 10.9. The minimum absolute atomic E-state index is 0.0213. The van der Waals surface area contributed by atoms with Gasteiger partial charge in [-0.05, 0) is 6.07 Å². The highest BCUT2D eigenvalue weighted by atomic mass is 16.5. The number of aliphatic hydroxyl groups is 1. The summed E-state index contributed by atoms with van der Waals surface area (Å²) in [6, 6.07) is 1.76. The van der Waals surface area contributed by atoms with Crippen LogP contribution in [0.25, 0.3) is 0 Å². The quantitative estimate of drug-likeness (QED) is 0.832. The molecular weight excluding hydrogens is 234 g/mol. The zero-order valence-electron chi connectivity index (χ0n) is 11.3. The van der Waals surface area contributed by atoms with Gasteiger partial charge >= 0.3 is 6.01 Å². The molecule has 1 heterocycles. The molecule has 2 N–H and O–H groups in total. The summed E-state index contributed by atoms with van der Waals surface area (Å²) < 4.78 is 5.25. The van der Waals surface area contributed by atoms with Gasteiger partial charge in [0.25, 0.3) is 0 Å². The molecule has 0 aliphatic heterocycles. The molecule has 18 heavy (non-hydrogen) atoms. The lowest BCUT2D eigenvalue weighted by Gasteiger charge is -2.09. The first-order valence-electron chi connectivity index (χ1n) is 5.96. The molecule has 1 aromatic heterocycles. The third-order valence-electron chi connectivity index (χ3n) is 1.75. The summed E-state index contributed by atoms with van der Waals surface area (Å²) in [6.07, 6.45) is 1.50. The van der Waals surface area contributed by atoms with E-state index in [2.05, 4.69) is 15.3 Å². The largest absolute Gasteiger partial charge is 0.463 e. The van der Waals surface area contributed by atoms with Crippen molar-refractivity contribution < 1.29 is 14.6 Å². The summed E-state index contributed by atoms with van der Waals surface area (Å²) in [7, 11) is 0. The van der Waals surface area contributed by atoms with E-state index in [-0.39, 0.29) is 24.4 Å². The highest BCUT2D eigenvalue weighted by Gasteiger charge is 2.04. The number of aromatic nitrogens is 2. The summed E-state index contributed by atoms with van der Waals surface area (Å²) in [5.41, 5.74) is 0. The van der Waals surface area contributed by atoms with Crippen molar-refractivity contribution in [2.24, 2.45) is 5.92 Å². The summed E-state index contributed by atoms with van der Waals surface area (Å²) in [5, 5.41) is 11.3. The van der Waals surface area contributed by atoms with E-state index < -0.39 is 0 Å². The Morgan fingerprint density at radius 3 is 2.78 bits per heavy atom. The molecular formula is C12H21N3O3. The van der Waals surface area contributed by atoms with Crippen LogP contribution in [0.2, 0.25) is 0 Å². The molecule has 1 aromatic rings. The van der Waals surface area contributed by atoms with Gasteiger partial charge in [-0.3, -0.25) is 4.79 Å². The zero-order valence-corrected chi connectivity index (χ0v) is 11.3. The number of hydrogen-bond donors (Lipinski definition) is 2. The molecule has 102 valence electrons. The molecule has 0 bridgehead atoms. The topological polar surface area (TPSA) is 84.3 Å². The van der Waals surface area contributed by atoms with Crippen LogP contribution in [0.5, 0.6) is 6.01 Å². The number of amides is 1. The van der Waals surface area contributed by atoms with E-state index in [0.717, 1.165) is 0 Å². The monoisotopic (exact) mass is 255 g/mol. The molecule has 0 aliphatic rings. The van der Waals surface area contributed by atoms with Crippen molar-refractivity contribution in [3.8, 4) is 6.01 Å². The van der Waals surface area contributed by atoms with Crippen LogP contribution in [0.1, 0.15) is 27.7 Å². The predicted molar refractivity (Wildman–Crippen MR) is 69.4 cm³/mol. The fraction of sp³-hybridized carbons (Fsp3) is 0.583. The van der Waals surface area contributed by atoms with Crippen molar-refractivity contribution in [3.05, 3.63) is 12.3 Å². The lowest BCUT2D eigenvalue weighted by molar-refractivity contribution is -0.114. The molecule has 6 nitrogen and oxygen atoms in total. The first-order valence-corrected chi connectivity index (χ1v) is 5.96. The SMILES string of the molecule is CC.CC(=O)Nc1ccnc(OCC(C)CO)n1. The Labute approximate surface area is 107 Å². The molecule has 0 radical (unpaired) electrons. The van der Waals surface area contributed by atoms with E-state index in [1.807, 2.05) is 20.8 Å². The minimum Gasteiger partial charge on any atom is -0.463 e. The van der Waals surface area contributed by atoms with Crippen molar-refractivity contribution in [2.45, 2.75) is 27.7 Å². The maximum Gasteiger partial charge on any atom is 0.318 e. The van der Waals surface area contributed by atoms with Crippen molar-refractivity contribution in [1.82, 2.24) is 9.97 Å². The molecule has 0 aromatic carbocycles. The van der Waals surface area contributed by atoms with Crippen LogP contribution in [-0.2, 0) is 4.79 Å². The van der Waals surface area contributed by atoms with Gasteiger partial charge in [0, 0.05) is 25.6 Å². The lowest BCUT2D eigenvalue weighted by Crippen LogP contribution is -2.14. The van der Waals surface area contributed by atoms with Gasteiger partial charge in [-0.15, -0.1) is 0 Å². The average molecular weight is 255 g/mol. The van der Waals surface area contributed by atoms with Gasteiger partial charge in [0.2, 0.25) is 5.91 Å². The molecule has 1 rings (SSSR count). The fourth-order valence-electron chi connectivity index (χ4n) is 0.930. The molecule has 0 saturated carbocycles. The molecule has 0 spiro atoms. The number of carbonyl (C=O) groups is 1. The van der Waals surface area contributed by atoms with E-state index in [0.29, 0.717) is 12.4 Å². The van der Waals surface area contributed by atoms with E-state index in [1.165, 1.54) is 13.1 Å². The Balaban J connectivity index is 0.00000137. The molecule has 0 aliphatic carbocycles. The van der Waals surface area contributed by atoms with Gasteiger partial charge in [-0.1, -0.05) is 20.8 Å². The standard InChI is InChI=1S/C10H15N3O3.C2H6/c1-7(5-14)6-16-10-11-4-3-9(13-10)12-8(2)15;1-2/h3-4,7,14H,5-6H2,1-2H3,(H,11,12,13,15);1-2H3. The Hall–Kier alpha value is -1.69. The fourth-order valence-corrected chi connectivity index (χ4v) is 0.930. The number of nitrogens with zero attached hydrogens (tertiary/aromatic N) is 2. The van der Waals surface area contributed by atoms with E-state index in [9.17, 15) is 4.79 Å². The zero-order chi connectivity index (χ0) is 14.0. The van der Waals surface area contributed by atoms with Gasteiger partial charge in [0.05, 0.1) is 6.61 Å². The maximum absolute atomic E-state index is 10.8. The van der Waals surface area contributed by atoms with Crippen LogP contribution in [0.3, 0.4) is 0 Å². The van der Waals surface area contributed by atoms with Crippen LogP contribution >= 0.6 is 0 Å². The summed E-state index contributed by atoms with van der Waals surface area (Å²) in [4.78, 5) is 18.7. The second-order valence-electron chi connectivity index (χ2n) is 3.50. The van der Waals surface area contributed by atoms with Crippen molar-refractivity contribution in [3.63, 3.8) is 0 Å². The molecule has 0 fully saturated rings. The van der Waals surface area contributed by atoms with E-state index in [4.69, 9.17) is 9.84 Å². The predicted octanol–water partition coefficient (Wildman–Crippen LogP) is 1.47. The Bertz CT molecular complexity index is 358. The molecule has 1 atom stereocenters. The minimum atomic E-state index is -0.201. The van der Waals surface area contributed by atoms with E-state index in [1.54, 1.807) is 6.07 Å². The number of carbonyl (C=O) groups excluding carboxylic acids is 1. The van der Waals surface area contributed by atoms with Crippen LogP contribution < -0.4 is 10.1 Å². The highest BCUT2D eigenvalue weighted by molar-refractivity contribution is 5.87. The third-order valence-corrected chi connectivity index (χ3v) is 1.75. The van der Waals surface area contributed by atoms with E-state index >= 15 is 0 Å². The smallest absolute Gasteiger partial charge is 0.318 e. The number of nitrogens with one attached hydrogen (secondary N) is 1. The first-order chi connectivity index (χ1) is 8.61. The van der Waals surface area contributed by atoms with Gasteiger partial charge < -0.3 is 15.2 Å². The first kappa shape index (κ1) is 16.3. The maximum atomic E-state index is 10.8. The van der Waals surface area contributed by atoms with Crippen molar-refractivity contribution in [2.75, 3.05) is 18.5 Å². The summed E-state index contributed by atoms with van der Waals surface area (Å²) in [6.45, 7) is 7.62. The Kier molecular flexibility index (Phi) is 8.47. The molecule has 6 heteroatoms. The van der Waals surface area contributed by atoms with Gasteiger partial charge in [-0.2, -0.15) is 4.98 Å². The third kappa shape index (κ3) is 6.80. The number of aliphatic hydroxyl groups excluding tert-OH is 1. The number of ether oxygens (including phenoxy) is 1. The molecule has 1 amide bonds. The van der Waals surface area contributed by atoms with Crippen molar-refractivity contribution >= 4 is 11.7 Å². The van der Waals surface area contributed by atoms with Crippen LogP contribution in [0.4, 0.5) is 5.82 Å². The summed E-state index contributed by atoms with van der Waals surface area (Å²) >= 11 is 0. The number of anilines is 1. The molecule has 1 unspecified atom stereocenters. The lowest BCUT2D eigenvalue weighted by atomic mass is 10.2. The Morgan fingerprint density at radius 1 is 1.56 bits per heavy atom. The number of rotatable bonds is 5. The number of hydrogen-bond acceptors (Lipinski definition) is 5. The highest BCUT2D eigenvalue weighted by Crippen LogP contribution is 2.08. The second kappa shape index (κ2) is 9.35.